The third kappa shape index (κ3) is 3.13. The molecule has 0 saturated carbocycles. The molecule has 0 bridgehead atoms. The van der Waals surface area contributed by atoms with Gasteiger partial charge in [0.15, 0.2) is 0 Å². The van der Waals surface area contributed by atoms with Crippen LogP contribution in [-0.4, -0.2) is 23.0 Å². The van der Waals surface area contributed by atoms with Crippen molar-refractivity contribution in [1.82, 2.24) is 9.80 Å². The molecular weight excluding hydrogens is 208 g/mol. The predicted molar refractivity (Wildman–Crippen MR) is 73.1 cm³/mol. The zero-order chi connectivity index (χ0) is 12.1. The van der Waals surface area contributed by atoms with Gasteiger partial charge in [0.05, 0.1) is 6.67 Å². The third-order valence-electron chi connectivity index (χ3n) is 2.96. The van der Waals surface area contributed by atoms with Crippen molar-refractivity contribution >= 4 is 6.08 Å². The molecule has 0 unspecified atom stereocenters. The summed E-state index contributed by atoms with van der Waals surface area (Å²) in [7, 11) is 0. The van der Waals surface area contributed by atoms with Crippen LogP contribution in [0.3, 0.4) is 0 Å². The van der Waals surface area contributed by atoms with Gasteiger partial charge in [0.2, 0.25) is 0 Å². The molecule has 1 aromatic carbocycles. The average molecular weight is 228 g/mol. The fourth-order valence-electron chi connectivity index (χ4n) is 2.04. The normalized spacial score (nSPS) is 14.4. The molecule has 1 aliphatic heterocycles. The van der Waals surface area contributed by atoms with Crippen LogP contribution in [-0.2, 0) is 6.54 Å². The smallest absolute Gasteiger partial charge is 0.0897 e. The van der Waals surface area contributed by atoms with Crippen molar-refractivity contribution in [2.45, 2.75) is 19.9 Å². The van der Waals surface area contributed by atoms with E-state index >= 15 is 0 Å². The van der Waals surface area contributed by atoms with Crippen molar-refractivity contribution in [3.8, 4) is 0 Å². The van der Waals surface area contributed by atoms with E-state index in [2.05, 4.69) is 60.0 Å². The Labute approximate surface area is 104 Å². The van der Waals surface area contributed by atoms with Crippen molar-refractivity contribution in [2.75, 3.05) is 13.2 Å². The Hall–Kier alpha value is -1.70. The highest BCUT2D eigenvalue weighted by atomic mass is 15.3. The minimum Gasteiger partial charge on any atom is -0.359 e. The van der Waals surface area contributed by atoms with Gasteiger partial charge in [-0.15, -0.1) is 0 Å². The quantitative estimate of drug-likeness (QED) is 0.763. The van der Waals surface area contributed by atoms with Gasteiger partial charge in [-0.3, -0.25) is 0 Å². The lowest BCUT2D eigenvalue weighted by Crippen LogP contribution is -2.25. The Morgan fingerprint density at radius 3 is 2.53 bits per heavy atom. The van der Waals surface area contributed by atoms with E-state index in [0.717, 1.165) is 19.8 Å². The maximum absolute atomic E-state index is 3.77. The van der Waals surface area contributed by atoms with E-state index < -0.39 is 0 Å². The first-order valence-corrected chi connectivity index (χ1v) is 6.19. The number of hydrogen-bond acceptors (Lipinski definition) is 2. The van der Waals surface area contributed by atoms with Gasteiger partial charge in [-0.1, -0.05) is 43.8 Å². The largest absolute Gasteiger partial charge is 0.359 e. The molecule has 17 heavy (non-hydrogen) atoms. The number of rotatable bonds is 5. The van der Waals surface area contributed by atoms with E-state index in [1.807, 2.05) is 6.08 Å². The second kappa shape index (κ2) is 5.58. The van der Waals surface area contributed by atoms with Gasteiger partial charge < -0.3 is 9.80 Å². The van der Waals surface area contributed by atoms with Gasteiger partial charge in [0, 0.05) is 25.5 Å². The van der Waals surface area contributed by atoms with Crippen LogP contribution >= 0.6 is 0 Å². The van der Waals surface area contributed by atoms with Crippen LogP contribution in [0.2, 0.25) is 0 Å². The second-order valence-corrected chi connectivity index (χ2v) is 4.44. The molecule has 2 rings (SSSR count). The van der Waals surface area contributed by atoms with Gasteiger partial charge in [0.25, 0.3) is 0 Å². The molecule has 2 heteroatoms. The van der Waals surface area contributed by atoms with Gasteiger partial charge in [-0.2, -0.15) is 0 Å². The number of benzene rings is 1. The monoisotopic (exact) mass is 228 g/mol. The first kappa shape index (κ1) is 11.8. The lowest BCUT2D eigenvalue weighted by Gasteiger charge is -2.20. The Balaban J connectivity index is 1.89. The van der Waals surface area contributed by atoms with Gasteiger partial charge in [0.1, 0.15) is 0 Å². The van der Waals surface area contributed by atoms with Crippen LogP contribution in [0.5, 0.6) is 0 Å². The molecule has 0 spiro atoms. The molecule has 0 aromatic heterocycles. The number of hydrogen-bond donors (Lipinski definition) is 0. The van der Waals surface area contributed by atoms with Gasteiger partial charge in [-0.25, -0.2) is 0 Å². The zero-order valence-corrected chi connectivity index (χ0v) is 10.5. The third-order valence-corrected chi connectivity index (χ3v) is 2.96. The van der Waals surface area contributed by atoms with E-state index in [0.29, 0.717) is 0 Å². The van der Waals surface area contributed by atoms with E-state index in [9.17, 15) is 0 Å². The van der Waals surface area contributed by atoms with Crippen LogP contribution in [0, 0.1) is 0 Å². The summed E-state index contributed by atoms with van der Waals surface area (Å²) in [4.78, 5) is 4.68. The molecule has 0 aliphatic carbocycles. The first-order valence-electron chi connectivity index (χ1n) is 6.19. The van der Waals surface area contributed by atoms with Crippen molar-refractivity contribution < 1.29 is 0 Å². The zero-order valence-electron chi connectivity index (χ0n) is 10.5. The molecule has 2 nitrogen and oxygen atoms in total. The summed E-state index contributed by atoms with van der Waals surface area (Å²) >= 11 is 0. The lowest BCUT2D eigenvalue weighted by molar-refractivity contribution is 0.260. The van der Waals surface area contributed by atoms with Gasteiger partial charge >= 0.3 is 0 Å². The predicted octanol–water partition coefficient (Wildman–Crippen LogP) is 3.29. The van der Waals surface area contributed by atoms with Crippen LogP contribution in [0.25, 0.3) is 6.08 Å². The summed E-state index contributed by atoms with van der Waals surface area (Å²) < 4.78 is 0. The summed E-state index contributed by atoms with van der Waals surface area (Å²) in [6, 6.07) is 8.58. The fourth-order valence-corrected chi connectivity index (χ4v) is 2.04. The topological polar surface area (TPSA) is 6.48 Å². The molecule has 1 heterocycles. The van der Waals surface area contributed by atoms with Crippen molar-refractivity contribution in [3.05, 3.63) is 54.4 Å². The molecular formula is C15H20N2. The van der Waals surface area contributed by atoms with Crippen molar-refractivity contribution in [3.63, 3.8) is 0 Å². The molecule has 90 valence electrons. The molecule has 0 saturated heterocycles. The fraction of sp³-hybridized carbons (Fsp3) is 0.333. The lowest BCUT2D eigenvalue weighted by atomic mass is 10.1. The van der Waals surface area contributed by atoms with Gasteiger partial charge in [-0.05, 0) is 17.5 Å². The molecule has 0 amide bonds. The minimum atomic E-state index is 0.980. The highest BCUT2D eigenvalue weighted by Gasteiger charge is 2.10. The van der Waals surface area contributed by atoms with Crippen LogP contribution in [0.1, 0.15) is 24.5 Å². The molecule has 1 aliphatic rings. The highest BCUT2D eigenvalue weighted by Crippen LogP contribution is 2.13. The highest BCUT2D eigenvalue weighted by molar-refractivity contribution is 5.47. The Morgan fingerprint density at radius 1 is 1.18 bits per heavy atom. The standard InChI is InChI=1S/C15H20N2/c1-3-9-16-10-11-17(13-16)12-15-7-5-14(4-2)6-8-15/h4-8,10-11H,2-3,9,12-13H2,1H3. The molecule has 0 atom stereocenters. The Kier molecular flexibility index (Phi) is 3.86. The maximum Gasteiger partial charge on any atom is 0.0897 e. The minimum absolute atomic E-state index is 0.980. The van der Waals surface area contributed by atoms with E-state index in [1.54, 1.807) is 0 Å². The molecule has 0 fully saturated rings. The molecule has 0 N–H and O–H groups in total. The first-order chi connectivity index (χ1) is 8.31. The van der Waals surface area contributed by atoms with Crippen LogP contribution in [0.15, 0.2) is 43.2 Å². The summed E-state index contributed by atoms with van der Waals surface area (Å²) in [5, 5.41) is 0. The van der Waals surface area contributed by atoms with E-state index in [1.165, 1.54) is 17.5 Å². The summed E-state index contributed by atoms with van der Waals surface area (Å²) in [5.74, 6) is 0. The SMILES string of the molecule is C=Cc1ccc(CN2C=CN(CCC)C2)cc1. The van der Waals surface area contributed by atoms with Crippen molar-refractivity contribution in [1.29, 1.82) is 0 Å². The summed E-state index contributed by atoms with van der Waals surface area (Å²) in [6.07, 6.45) is 7.44. The molecule has 0 radical (unpaired) electrons. The number of nitrogens with zero attached hydrogens (tertiary/aromatic N) is 2. The van der Waals surface area contributed by atoms with E-state index in [4.69, 9.17) is 0 Å². The van der Waals surface area contributed by atoms with E-state index in [-0.39, 0.29) is 0 Å². The van der Waals surface area contributed by atoms with Crippen LogP contribution < -0.4 is 0 Å². The summed E-state index contributed by atoms with van der Waals surface area (Å²) in [6.45, 7) is 9.11. The maximum atomic E-state index is 3.77. The Morgan fingerprint density at radius 2 is 1.88 bits per heavy atom. The van der Waals surface area contributed by atoms with Crippen molar-refractivity contribution in [2.24, 2.45) is 0 Å². The summed E-state index contributed by atoms with van der Waals surface area (Å²) in [5.41, 5.74) is 2.52. The van der Waals surface area contributed by atoms with Crippen LogP contribution in [0.4, 0.5) is 0 Å². The molecule has 1 aromatic rings. The average Bonchev–Trinajstić information content (AvgIpc) is 2.78. The Bertz CT molecular complexity index is 392. The second-order valence-electron chi connectivity index (χ2n) is 4.44.